The molecule has 134 valence electrons. The lowest BCUT2D eigenvalue weighted by Crippen LogP contribution is -2.17. The Hall–Kier alpha value is -2.86. The van der Waals surface area contributed by atoms with E-state index in [0.29, 0.717) is 6.42 Å². The summed E-state index contributed by atoms with van der Waals surface area (Å²) in [6.07, 6.45) is 5.85. The summed E-state index contributed by atoms with van der Waals surface area (Å²) in [5.74, 6) is 0.759. The molecule has 6 nitrogen and oxygen atoms in total. The second-order valence-corrected chi connectivity index (χ2v) is 6.53. The highest BCUT2D eigenvalue weighted by molar-refractivity contribution is 5.87. The molecule has 0 aliphatic heterocycles. The molecule has 4 aromatic rings. The number of rotatable bonds is 7. The van der Waals surface area contributed by atoms with Gasteiger partial charge < -0.3 is 14.2 Å². The van der Waals surface area contributed by atoms with Gasteiger partial charge in [0.2, 0.25) is 0 Å². The lowest BCUT2D eigenvalue weighted by atomic mass is 10.1. The molecule has 1 aromatic carbocycles. The van der Waals surface area contributed by atoms with Crippen molar-refractivity contribution in [2.24, 2.45) is 0 Å². The topological polar surface area (TPSA) is 75.4 Å². The highest BCUT2D eigenvalue weighted by atomic mass is 16.5. The molecule has 0 saturated carbocycles. The molecule has 26 heavy (non-hydrogen) atoms. The van der Waals surface area contributed by atoms with Gasteiger partial charge in [0.05, 0.1) is 17.0 Å². The third-order valence-corrected chi connectivity index (χ3v) is 4.62. The molecule has 3 heterocycles. The minimum atomic E-state index is -0.503. The van der Waals surface area contributed by atoms with E-state index in [4.69, 9.17) is 4.74 Å². The second kappa shape index (κ2) is 7.17. The number of H-pyrrole nitrogens is 1. The molecule has 0 unspecified atom stereocenters. The number of hydrogen-bond donors (Lipinski definition) is 2. The molecule has 0 radical (unpaired) electrons. The fraction of sp³-hybridized carbons (Fsp3) is 0.300. The summed E-state index contributed by atoms with van der Waals surface area (Å²) in [7, 11) is 0. The van der Waals surface area contributed by atoms with E-state index in [1.807, 2.05) is 55.7 Å². The van der Waals surface area contributed by atoms with Gasteiger partial charge in [0.25, 0.3) is 0 Å². The first-order chi connectivity index (χ1) is 12.7. The molecule has 0 spiro atoms. The number of imidazole rings is 1. The zero-order valence-corrected chi connectivity index (χ0v) is 14.7. The smallest absolute Gasteiger partial charge is 0.136 e. The van der Waals surface area contributed by atoms with Crippen LogP contribution in [-0.2, 0) is 6.42 Å². The van der Waals surface area contributed by atoms with E-state index < -0.39 is 6.10 Å². The highest BCUT2D eigenvalue weighted by Crippen LogP contribution is 2.27. The number of benzene rings is 1. The predicted octanol–water partition coefficient (Wildman–Crippen LogP) is 3.28. The van der Waals surface area contributed by atoms with Gasteiger partial charge in [0.1, 0.15) is 18.0 Å². The average Bonchev–Trinajstić information content (AvgIpc) is 3.25. The van der Waals surface area contributed by atoms with Crippen molar-refractivity contribution >= 4 is 16.6 Å². The summed E-state index contributed by atoms with van der Waals surface area (Å²) < 4.78 is 7.94. The fourth-order valence-corrected chi connectivity index (χ4v) is 3.27. The molecule has 0 amide bonds. The van der Waals surface area contributed by atoms with Crippen LogP contribution in [0.5, 0.6) is 5.75 Å². The maximum absolute atomic E-state index is 10.3. The molecule has 3 aromatic heterocycles. The first-order valence-electron chi connectivity index (χ1n) is 8.88. The molecule has 0 fully saturated rings. The Morgan fingerprint density at radius 3 is 3.08 bits per heavy atom. The van der Waals surface area contributed by atoms with Crippen molar-refractivity contribution < 1.29 is 9.84 Å². The second-order valence-electron chi connectivity index (χ2n) is 6.53. The van der Waals surface area contributed by atoms with Gasteiger partial charge in [-0.25, -0.2) is 4.98 Å². The number of aromatic amines is 1. The maximum atomic E-state index is 10.3. The third-order valence-electron chi connectivity index (χ3n) is 4.62. The van der Waals surface area contributed by atoms with Crippen LogP contribution in [0.25, 0.3) is 16.6 Å². The number of nitrogens with zero attached hydrogens (tertiary/aromatic N) is 3. The van der Waals surface area contributed by atoms with E-state index in [9.17, 15) is 5.11 Å². The first-order valence-corrected chi connectivity index (χ1v) is 8.88. The quantitative estimate of drug-likeness (QED) is 0.536. The SMILES string of the molecule is Cc1[nH]nc2cccc(OC[C@@H](O)CCCc3cnc4ccccn34)c12. The predicted molar refractivity (Wildman–Crippen MR) is 100 cm³/mol. The first kappa shape index (κ1) is 16.6. The number of aryl methyl sites for hydroxylation is 2. The number of pyridine rings is 1. The van der Waals surface area contributed by atoms with E-state index in [2.05, 4.69) is 19.6 Å². The Kier molecular flexibility index (Phi) is 4.58. The van der Waals surface area contributed by atoms with E-state index in [1.165, 1.54) is 0 Å². The minimum Gasteiger partial charge on any atom is -0.490 e. The van der Waals surface area contributed by atoms with Crippen LogP contribution in [-0.4, -0.2) is 37.4 Å². The average molecular weight is 350 g/mol. The molecule has 0 bridgehead atoms. The molecule has 4 rings (SSSR count). The molecular weight excluding hydrogens is 328 g/mol. The molecule has 2 N–H and O–H groups in total. The lowest BCUT2D eigenvalue weighted by Gasteiger charge is -2.13. The highest BCUT2D eigenvalue weighted by Gasteiger charge is 2.11. The van der Waals surface area contributed by atoms with Crippen LogP contribution in [0, 0.1) is 6.92 Å². The van der Waals surface area contributed by atoms with Crippen molar-refractivity contribution in [2.45, 2.75) is 32.3 Å². The lowest BCUT2D eigenvalue weighted by molar-refractivity contribution is 0.0989. The normalized spacial score (nSPS) is 12.7. The molecular formula is C20H22N4O2. The largest absolute Gasteiger partial charge is 0.490 e. The number of fused-ring (bicyclic) bond motifs is 2. The number of nitrogens with one attached hydrogen (secondary N) is 1. The Bertz CT molecular complexity index is 1020. The van der Waals surface area contributed by atoms with Crippen molar-refractivity contribution in [3.05, 3.63) is 60.2 Å². The molecule has 0 aliphatic rings. The van der Waals surface area contributed by atoms with Gasteiger partial charge in [-0.05, 0) is 50.5 Å². The van der Waals surface area contributed by atoms with Gasteiger partial charge in [-0.3, -0.25) is 5.10 Å². The number of aromatic nitrogens is 4. The van der Waals surface area contributed by atoms with Crippen molar-refractivity contribution in [1.82, 2.24) is 19.6 Å². The van der Waals surface area contributed by atoms with Crippen LogP contribution in [0.2, 0.25) is 0 Å². The number of hydrogen-bond acceptors (Lipinski definition) is 4. The molecule has 6 heteroatoms. The maximum Gasteiger partial charge on any atom is 0.136 e. The Balaban J connectivity index is 1.31. The van der Waals surface area contributed by atoms with Crippen LogP contribution < -0.4 is 4.74 Å². The standard InChI is InChI=1S/C20H22N4O2/c1-14-20-17(23-22-14)8-5-9-18(20)26-13-16(25)7-4-6-15-12-21-19-10-2-3-11-24(15)19/h2-3,5,8-12,16,25H,4,6-7,13H2,1H3,(H,22,23)/t16-/m0/s1. The Morgan fingerprint density at radius 2 is 2.15 bits per heavy atom. The van der Waals surface area contributed by atoms with Crippen molar-refractivity contribution in [2.75, 3.05) is 6.61 Å². The minimum absolute atomic E-state index is 0.275. The van der Waals surface area contributed by atoms with E-state index in [-0.39, 0.29) is 6.61 Å². The van der Waals surface area contributed by atoms with Crippen molar-refractivity contribution in [3.63, 3.8) is 0 Å². The van der Waals surface area contributed by atoms with Crippen LogP contribution in [0.3, 0.4) is 0 Å². The monoisotopic (exact) mass is 350 g/mol. The van der Waals surface area contributed by atoms with Gasteiger partial charge in [-0.2, -0.15) is 5.10 Å². The summed E-state index contributed by atoms with van der Waals surface area (Å²) in [4.78, 5) is 4.39. The molecule has 0 saturated heterocycles. The summed E-state index contributed by atoms with van der Waals surface area (Å²) in [6.45, 7) is 2.24. The summed E-state index contributed by atoms with van der Waals surface area (Å²) in [6, 6.07) is 11.7. The van der Waals surface area contributed by atoms with Gasteiger partial charge in [0.15, 0.2) is 0 Å². The summed E-state index contributed by atoms with van der Waals surface area (Å²) >= 11 is 0. The van der Waals surface area contributed by atoms with E-state index in [1.54, 1.807) is 0 Å². The number of ether oxygens (including phenoxy) is 1. The summed E-state index contributed by atoms with van der Waals surface area (Å²) in [5, 5.41) is 18.5. The number of aliphatic hydroxyl groups excluding tert-OH is 1. The number of aliphatic hydroxyl groups is 1. The van der Waals surface area contributed by atoms with Gasteiger partial charge in [0, 0.05) is 23.8 Å². The molecule has 0 aliphatic carbocycles. The zero-order valence-electron chi connectivity index (χ0n) is 14.7. The summed E-state index contributed by atoms with van der Waals surface area (Å²) in [5.41, 5.74) is 3.96. The fourth-order valence-electron chi connectivity index (χ4n) is 3.27. The zero-order chi connectivity index (χ0) is 17.9. The van der Waals surface area contributed by atoms with E-state index >= 15 is 0 Å². The van der Waals surface area contributed by atoms with Gasteiger partial charge in [-0.15, -0.1) is 0 Å². The van der Waals surface area contributed by atoms with Crippen molar-refractivity contribution in [3.8, 4) is 5.75 Å². The van der Waals surface area contributed by atoms with Crippen molar-refractivity contribution in [1.29, 1.82) is 0 Å². The molecule has 1 atom stereocenters. The van der Waals surface area contributed by atoms with Crippen LogP contribution in [0.1, 0.15) is 24.2 Å². The van der Waals surface area contributed by atoms with Gasteiger partial charge >= 0.3 is 0 Å². The Labute approximate surface area is 151 Å². The Morgan fingerprint density at radius 1 is 1.23 bits per heavy atom. The van der Waals surface area contributed by atoms with Crippen LogP contribution >= 0.6 is 0 Å². The van der Waals surface area contributed by atoms with Crippen LogP contribution in [0.4, 0.5) is 0 Å². The van der Waals surface area contributed by atoms with Gasteiger partial charge in [-0.1, -0.05) is 12.1 Å². The van der Waals surface area contributed by atoms with Crippen LogP contribution in [0.15, 0.2) is 48.8 Å². The third kappa shape index (κ3) is 3.28. The van der Waals surface area contributed by atoms with E-state index in [0.717, 1.165) is 46.5 Å².